The largest absolute Gasteiger partial charge is 0.298 e. The van der Waals surface area contributed by atoms with Crippen molar-refractivity contribution in [2.75, 3.05) is 5.88 Å². The Morgan fingerprint density at radius 1 is 1.54 bits per heavy atom. The molecule has 0 aliphatic carbocycles. The van der Waals surface area contributed by atoms with E-state index in [4.69, 9.17) is 11.6 Å². The van der Waals surface area contributed by atoms with E-state index in [-0.39, 0.29) is 11.7 Å². The van der Waals surface area contributed by atoms with Gasteiger partial charge in [0.05, 0.1) is 5.88 Å². The zero-order chi connectivity index (χ0) is 9.84. The van der Waals surface area contributed by atoms with Gasteiger partial charge in [-0.3, -0.25) is 4.79 Å². The van der Waals surface area contributed by atoms with Gasteiger partial charge in [-0.1, -0.05) is 28.1 Å². The van der Waals surface area contributed by atoms with E-state index in [1.54, 1.807) is 0 Å². The maximum Gasteiger partial charge on any atom is 0.151 e. The Kier molecular flexibility index (Phi) is 3.94. The second-order valence-corrected chi connectivity index (χ2v) is 4.05. The number of Topliss-reactive ketones (excluding diaryl/α,β-unsaturated/α-hetero) is 1. The lowest BCUT2D eigenvalue weighted by Gasteiger charge is -2.02. The molecular formula is C10H10BrClO. The number of ketones is 1. The van der Waals surface area contributed by atoms with E-state index < -0.39 is 0 Å². The van der Waals surface area contributed by atoms with E-state index in [2.05, 4.69) is 15.9 Å². The highest BCUT2D eigenvalue weighted by molar-refractivity contribution is 9.10. The van der Waals surface area contributed by atoms with E-state index in [9.17, 15) is 4.79 Å². The first kappa shape index (κ1) is 10.7. The molecular weight excluding hydrogens is 251 g/mol. The highest BCUT2D eigenvalue weighted by Crippen LogP contribution is 2.17. The smallest absolute Gasteiger partial charge is 0.151 e. The number of hydrogen-bond donors (Lipinski definition) is 0. The maximum atomic E-state index is 11.0. The standard InChI is InChI=1S/C10H10BrClO/c1-7-4-8(2-3-10(7)11)5-9(13)6-12/h2-4H,5-6H2,1H3. The van der Waals surface area contributed by atoms with Crippen LogP contribution in [0.1, 0.15) is 11.1 Å². The van der Waals surface area contributed by atoms with Gasteiger partial charge in [-0.05, 0) is 24.1 Å². The van der Waals surface area contributed by atoms with Crippen molar-refractivity contribution in [1.82, 2.24) is 0 Å². The summed E-state index contributed by atoms with van der Waals surface area (Å²) in [7, 11) is 0. The summed E-state index contributed by atoms with van der Waals surface area (Å²) >= 11 is 8.82. The molecule has 0 fully saturated rings. The Morgan fingerprint density at radius 2 is 2.23 bits per heavy atom. The quantitative estimate of drug-likeness (QED) is 0.764. The van der Waals surface area contributed by atoms with Gasteiger partial charge >= 0.3 is 0 Å². The second-order valence-electron chi connectivity index (χ2n) is 2.93. The van der Waals surface area contributed by atoms with Crippen molar-refractivity contribution in [3.8, 4) is 0 Å². The van der Waals surface area contributed by atoms with Crippen LogP contribution in [0.2, 0.25) is 0 Å². The molecule has 0 saturated carbocycles. The van der Waals surface area contributed by atoms with Crippen LogP contribution in [-0.2, 0) is 11.2 Å². The average molecular weight is 262 g/mol. The van der Waals surface area contributed by atoms with E-state index in [0.717, 1.165) is 15.6 Å². The average Bonchev–Trinajstić information content (AvgIpc) is 2.11. The fourth-order valence-corrected chi connectivity index (χ4v) is 1.43. The third kappa shape index (κ3) is 3.12. The Balaban J connectivity index is 2.79. The number of halogens is 2. The highest BCUT2D eigenvalue weighted by Gasteiger charge is 2.02. The van der Waals surface area contributed by atoms with Gasteiger partial charge in [-0.15, -0.1) is 11.6 Å². The Morgan fingerprint density at radius 3 is 2.77 bits per heavy atom. The molecule has 1 aromatic rings. The molecule has 0 heterocycles. The summed E-state index contributed by atoms with van der Waals surface area (Å²) in [5, 5.41) is 0. The number of aryl methyl sites for hydroxylation is 1. The van der Waals surface area contributed by atoms with Gasteiger partial charge < -0.3 is 0 Å². The topological polar surface area (TPSA) is 17.1 Å². The fourth-order valence-electron chi connectivity index (χ4n) is 1.09. The minimum Gasteiger partial charge on any atom is -0.298 e. The van der Waals surface area contributed by atoms with Gasteiger partial charge in [0.2, 0.25) is 0 Å². The van der Waals surface area contributed by atoms with Crippen LogP contribution in [0.15, 0.2) is 22.7 Å². The minimum atomic E-state index is 0.0587. The van der Waals surface area contributed by atoms with Gasteiger partial charge in [-0.2, -0.15) is 0 Å². The van der Waals surface area contributed by atoms with E-state index in [0.29, 0.717) is 6.42 Å². The van der Waals surface area contributed by atoms with Gasteiger partial charge in [0.25, 0.3) is 0 Å². The number of rotatable bonds is 3. The zero-order valence-electron chi connectivity index (χ0n) is 7.31. The van der Waals surface area contributed by atoms with E-state index >= 15 is 0 Å². The molecule has 0 bridgehead atoms. The normalized spacial score (nSPS) is 10.1. The van der Waals surface area contributed by atoms with Crippen molar-refractivity contribution in [2.45, 2.75) is 13.3 Å². The van der Waals surface area contributed by atoms with Crippen molar-refractivity contribution >= 4 is 33.3 Å². The first-order valence-corrected chi connectivity index (χ1v) is 5.29. The van der Waals surface area contributed by atoms with Gasteiger partial charge in [0.1, 0.15) is 0 Å². The predicted octanol–water partition coefficient (Wildman–Crippen LogP) is 3.11. The number of benzene rings is 1. The number of carbonyl (C=O) groups is 1. The number of carbonyl (C=O) groups excluding carboxylic acids is 1. The van der Waals surface area contributed by atoms with Crippen molar-refractivity contribution in [3.63, 3.8) is 0 Å². The number of alkyl halides is 1. The third-order valence-corrected chi connectivity index (χ3v) is 2.96. The van der Waals surface area contributed by atoms with E-state index in [1.807, 2.05) is 25.1 Å². The molecule has 1 aromatic carbocycles. The third-order valence-electron chi connectivity index (χ3n) is 1.77. The Bertz CT molecular complexity index is 323. The lowest BCUT2D eigenvalue weighted by Crippen LogP contribution is -2.03. The second kappa shape index (κ2) is 4.77. The molecule has 3 heteroatoms. The Hall–Kier alpha value is -0.340. The van der Waals surface area contributed by atoms with Crippen molar-refractivity contribution in [3.05, 3.63) is 33.8 Å². The van der Waals surface area contributed by atoms with E-state index in [1.165, 1.54) is 0 Å². The molecule has 0 N–H and O–H groups in total. The molecule has 0 saturated heterocycles. The predicted molar refractivity (Wildman–Crippen MR) is 58.3 cm³/mol. The van der Waals surface area contributed by atoms with Crippen molar-refractivity contribution in [1.29, 1.82) is 0 Å². The lowest BCUT2D eigenvalue weighted by atomic mass is 10.1. The fraction of sp³-hybridized carbons (Fsp3) is 0.300. The summed E-state index contributed by atoms with van der Waals surface area (Å²) < 4.78 is 1.06. The molecule has 0 aliphatic heterocycles. The summed E-state index contributed by atoms with van der Waals surface area (Å²) in [5.74, 6) is 0.151. The highest BCUT2D eigenvalue weighted by atomic mass is 79.9. The molecule has 0 atom stereocenters. The summed E-state index contributed by atoms with van der Waals surface area (Å²) in [4.78, 5) is 11.0. The first-order chi connectivity index (χ1) is 6.13. The summed E-state index contributed by atoms with van der Waals surface area (Å²) in [6.45, 7) is 2.00. The van der Waals surface area contributed by atoms with Crippen LogP contribution in [0.4, 0.5) is 0 Å². The molecule has 13 heavy (non-hydrogen) atoms. The molecule has 0 radical (unpaired) electrons. The van der Waals surface area contributed by atoms with Crippen LogP contribution in [0.5, 0.6) is 0 Å². The van der Waals surface area contributed by atoms with Crippen molar-refractivity contribution in [2.24, 2.45) is 0 Å². The van der Waals surface area contributed by atoms with Crippen LogP contribution in [0.3, 0.4) is 0 Å². The van der Waals surface area contributed by atoms with Crippen molar-refractivity contribution < 1.29 is 4.79 Å². The monoisotopic (exact) mass is 260 g/mol. The summed E-state index contributed by atoms with van der Waals surface area (Å²) in [5.41, 5.74) is 2.16. The first-order valence-electron chi connectivity index (χ1n) is 3.96. The van der Waals surface area contributed by atoms with Crippen LogP contribution < -0.4 is 0 Å². The lowest BCUT2D eigenvalue weighted by molar-refractivity contribution is -0.116. The zero-order valence-corrected chi connectivity index (χ0v) is 9.65. The molecule has 1 rings (SSSR count). The summed E-state index contributed by atoms with van der Waals surface area (Å²) in [6.07, 6.45) is 0.428. The molecule has 0 aliphatic rings. The molecule has 1 nitrogen and oxygen atoms in total. The minimum absolute atomic E-state index is 0.0587. The van der Waals surface area contributed by atoms with Crippen LogP contribution in [0.25, 0.3) is 0 Å². The molecule has 0 unspecified atom stereocenters. The van der Waals surface area contributed by atoms with Crippen LogP contribution >= 0.6 is 27.5 Å². The Labute approximate surface area is 91.2 Å². The van der Waals surface area contributed by atoms with Gasteiger partial charge in [-0.25, -0.2) is 0 Å². The van der Waals surface area contributed by atoms with Gasteiger partial charge in [0, 0.05) is 10.9 Å². The molecule has 0 aromatic heterocycles. The van der Waals surface area contributed by atoms with Crippen LogP contribution in [-0.4, -0.2) is 11.7 Å². The SMILES string of the molecule is Cc1cc(CC(=O)CCl)ccc1Br. The molecule has 0 spiro atoms. The number of hydrogen-bond acceptors (Lipinski definition) is 1. The van der Waals surface area contributed by atoms with Crippen LogP contribution in [0, 0.1) is 6.92 Å². The molecule has 70 valence electrons. The maximum absolute atomic E-state index is 11.0. The summed E-state index contributed by atoms with van der Waals surface area (Å²) in [6, 6.07) is 5.88. The molecule has 0 amide bonds. The van der Waals surface area contributed by atoms with Gasteiger partial charge in [0.15, 0.2) is 5.78 Å².